The number of hydrogen-bond acceptors (Lipinski definition) is 4. The predicted molar refractivity (Wildman–Crippen MR) is 66.0 cm³/mol. The van der Waals surface area contributed by atoms with Crippen LogP contribution in [0.3, 0.4) is 0 Å². The van der Waals surface area contributed by atoms with Gasteiger partial charge in [0.25, 0.3) is 0 Å². The molecule has 2 heterocycles. The van der Waals surface area contributed by atoms with Gasteiger partial charge in [-0.05, 0) is 17.7 Å². The van der Waals surface area contributed by atoms with Crippen molar-refractivity contribution in [1.82, 2.24) is 15.0 Å². The van der Waals surface area contributed by atoms with Crippen molar-refractivity contribution < 1.29 is 14.6 Å². The lowest BCUT2D eigenvalue weighted by atomic mass is 10.1. The maximum Gasteiger partial charge on any atom is 0.358 e. The highest BCUT2D eigenvalue weighted by atomic mass is 35.5. The summed E-state index contributed by atoms with van der Waals surface area (Å²) >= 11 is 5.84. The van der Waals surface area contributed by atoms with Gasteiger partial charge in [0, 0.05) is 5.02 Å². The van der Waals surface area contributed by atoms with Gasteiger partial charge >= 0.3 is 5.97 Å². The van der Waals surface area contributed by atoms with Gasteiger partial charge in [-0.15, -0.1) is 5.10 Å². The number of nitrogens with zero attached hydrogens (tertiary/aromatic N) is 3. The predicted octanol–water partition coefficient (Wildman–Crippen LogP) is 1.90. The minimum Gasteiger partial charge on any atom is -0.476 e. The van der Waals surface area contributed by atoms with E-state index in [1.807, 2.05) is 12.1 Å². The Morgan fingerprint density at radius 3 is 2.84 bits per heavy atom. The molecule has 0 saturated carbocycles. The Kier molecular flexibility index (Phi) is 2.96. The first-order valence-electron chi connectivity index (χ1n) is 5.68. The number of carbonyl (C=O) groups is 1. The lowest BCUT2D eigenvalue weighted by molar-refractivity contribution is -0.00206. The maximum absolute atomic E-state index is 10.9. The van der Waals surface area contributed by atoms with Crippen LogP contribution >= 0.6 is 11.6 Å². The van der Waals surface area contributed by atoms with E-state index in [-0.39, 0.29) is 18.4 Å². The van der Waals surface area contributed by atoms with E-state index in [0.717, 1.165) is 5.56 Å². The van der Waals surface area contributed by atoms with Crippen LogP contribution in [0.2, 0.25) is 5.02 Å². The van der Waals surface area contributed by atoms with Crippen molar-refractivity contribution in [2.45, 2.75) is 19.3 Å². The molecule has 0 aliphatic carbocycles. The number of carboxylic acids is 1. The second-order valence-corrected chi connectivity index (χ2v) is 4.66. The molecule has 1 aromatic heterocycles. The summed E-state index contributed by atoms with van der Waals surface area (Å²) < 4.78 is 7.25. The van der Waals surface area contributed by atoms with E-state index in [0.29, 0.717) is 17.3 Å². The maximum atomic E-state index is 10.9. The number of benzene rings is 1. The van der Waals surface area contributed by atoms with Crippen molar-refractivity contribution in [2.75, 3.05) is 0 Å². The molecule has 3 rings (SSSR count). The summed E-state index contributed by atoms with van der Waals surface area (Å²) in [6.45, 7) is 0.624. The summed E-state index contributed by atoms with van der Waals surface area (Å²) in [6.07, 6.45) is -0.173. The molecule has 0 amide bonds. The molecule has 1 aliphatic heterocycles. The minimum absolute atomic E-state index is 0.0467. The summed E-state index contributed by atoms with van der Waals surface area (Å²) in [7, 11) is 0. The SMILES string of the molecule is O=C(O)c1nnn2c1CO[C@@H](c1ccc(Cl)cc1)C2. The van der Waals surface area contributed by atoms with E-state index in [4.69, 9.17) is 21.4 Å². The molecule has 2 aromatic rings. The van der Waals surface area contributed by atoms with E-state index in [9.17, 15) is 4.79 Å². The highest BCUT2D eigenvalue weighted by Crippen LogP contribution is 2.27. The Labute approximate surface area is 113 Å². The van der Waals surface area contributed by atoms with Crippen molar-refractivity contribution in [1.29, 1.82) is 0 Å². The first-order chi connectivity index (χ1) is 9.15. The Hall–Kier alpha value is -1.92. The van der Waals surface area contributed by atoms with Crippen molar-refractivity contribution in [3.8, 4) is 0 Å². The smallest absolute Gasteiger partial charge is 0.358 e. The number of hydrogen-bond donors (Lipinski definition) is 1. The summed E-state index contributed by atoms with van der Waals surface area (Å²) in [6, 6.07) is 7.35. The van der Waals surface area contributed by atoms with E-state index in [1.54, 1.807) is 16.8 Å². The van der Waals surface area contributed by atoms with Crippen LogP contribution in [0, 0.1) is 0 Å². The molecule has 6 nitrogen and oxygen atoms in total. The molecule has 1 N–H and O–H groups in total. The molecule has 0 radical (unpaired) electrons. The normalized spacial score (nSPS) is 18.1. The Bertz CT molecular complexity index is 624. The quantitative estimate of drug-likeness (QED) is 0.908. The Morgan fingerprint density at radius 2 is 2.16 bits per heavy atom. The number of carboxylic acid groups (broad SMARTS) is 1. The first-order valence-corrected chi connectivity index (χ1v) is 6.05. The van der Waals surface area contributed by atoms with Crippen LogP contribution in [0.15, 0.2) is 24.3 Å². The molecule has 0 saturated heterocycles. The van der Waals surface area contributed by atoms with Crippen LogP contribution in [0.4, 0.5) is 0 Å². The molecule has 7 heteroatoms. The van der Waals surface area contributed by atoms with E-state index >= 15 is 0 Å². The molecule has 0 spiro atoms. The molecule has 1 aromatic carbocycles. The monoisotopic (exact) mass is 279 g/mol. The van der Waals surface area contributed by atoms with E-state index < -0.39 is 5.97 Å². The summed E-state index contributed by atoms with van der Waals surface area (Å²) in [4.78, 5) is 10.9. The second kappa shape index (κ2) is 4.64. The number of aromatic nitrogens is 3. The van der Waals surface area contributed by atoms with Gasteiger partial charge in [-0.25, -0.2) is 9.48 Å². The second-order valence-electron chi connectivity index (χ2n) is 4.22. The van der Waals surface area contributed by atoms with Crippen LogP contribution in [-0.2, 0) is 17.9 Å². The van der Waals surface area contributed by atoms with Gasteiger partial charge in [-0.1, -0.05) is 28.9 Å². The number of aromatic carboxylic acids is 1. The average Bonchev–Trinajstić information content (AvgIpc) is 2.82. The Morgan fingerprint density at radius 1 is 1.42 bits per heavy atom. The molecule has 19 heavy (non-hydrogen) atoms. The lowest BCUT2D eigenvalue weighted by Crippen LogP contribution is -2.22. The van der Waals surface area contributed by atoms with Gasteiger partial charge in [0.2, 0.25) is 0 Å². The molecule has 0 fully saturated rings. The van der Waals surface area contributed by atoms with Crippen LogP contribution < -0.4 is 0 Å². The van der Waals surface area contributed by atoms with Crippen LogP contribution in [0.1, 0.15) is 27.8 Å². The topological polar surface area (TPSA) is 77.2 Å². The zero-order valence-electron chi connectivity index (χ0n) is 9.78. The third-order valence-corrected chi connectivity index (χ3v) is 3.29. The summed E-state index contributed by atoms with van der Waals surface area (Å²) in [5.74, 6) is -1.09. The van der Waals surface area contributed by atoms with Crippen LogP contribution in [-0.4, -0.2) is 26.1 Å². The molecular formula is C12H10ClN3O3. The van der Waals surface area contributed by atoms with E-state index in [1.165, 1.54) is 0 Å². The largest absolute Gasteiger partial charge is 0.476 e. The number of rotatable bonds is 2. The molecule has 98 valence electrons. The van der Waals surface area contributed by atoms with Crippen molar-refractivity contribution in [2.24, 2.45) is 0 Å². The molecular weight excluding hydrogens is 270 g/mol. The molecule has 1 atom stereocenters. The lowest BCUT2D eigenvalue weighted by Gasteiger charge is -2.24. The minimum atomic E-state index is -1.09. The van der Waals surface area contributed by atoms with Crippen LogP contribution in [0.25, 0.3) is 0 Å². The Balaban J connectivity index is 1.86. The highest BCUT2D eigenvalue weighted by Gasteiger charge is 2.27. The first kappa shape index (κ1) is 12.1. The fourth-order valence-corrected chi connectivity index (χ4v) is 2.18. The molecule has 1 aliphatic rings. The fraction of sp³-hybridized carbons (Fsp3) is 0.250. The number of halogens is 1. The third-order valence-electron chi connectivity index (χ3n) is 3.04. The van der Waals surface area contributed by atoms with Gasteiger partial charge in [0.15, 0.2) is 5.69 Å². The van der Waals surface area contributed by atoms with Crippen LogP contribution in [0.5, 0.6) is 0 Å². The highest BCUT2D eigenvalue weighted by molar-refractivity contribution is 6.30. The summed E-state index contributed by atoms with van der Waals surface area (Å²) in [5.41, 5.74) is 1.43. The summed E-state index contributed by atoms with van der Waals surface area (Å²) in [5, 5.41) is 17.1. The van der Waals surface area contributed by atoms with Gasteiger partial charge in [-0.3, -0.25) is 0 Å². The standard InChI is InChI=1S/C12H10ClN3O3/c13-8-3-1-7(2-4-8)10-5-16-9(6-19-10)11(12(17)18)14-15-16/h1-4,10H,5-6H2,(H,17,18)/t10-/m1/s1. The van der Waals surface area contributed by atoms with Gasteiger partial charge < -0.3 is 9.84 Å². The van der Waals surface area contributed by atoms with Gasteiger partial charge in [0.1, 0.15) is 6.10 Å². The number of fused-ring (bicyclic) bond motifs is 1. The fourth-order valence-electron chi connectivity index (χ4n) is 2.06. The molecule has 0 bridgehead atoms. The third kappa shape index (κ3) is 2.20. The van der Waals surface area contributed by atoms with Crippen molar-refractivity contribution in [3.05, 3.63) is 46.2 Å². The zero-order chi connectivity index (χ0) is 13.4. The molecule has 0 unspecified atom stereocenters. The van der Waals surface area contributed by atoms with Crippen molar-refractivity contribution >= 4 is 17.6 Å². The zero-order valence-corrected chi connectivity index (χ0v) is 10.5. The van der Waals surface area contributed by atoms with Gasteiger partial charge in [-0.2, -0.15) is 0 Å². The van der Waals surface area contributed by atoms with Gasteiger partial charge in [0.05, 0.1) is 18.8 Å². The number of ether oxygens (including phenoxy) is 1. The van der Waals surface area contributed by atoms with E-state index in [2.05, 4.69) is 10.3 Å². The average molecular weight is 280 g/mol. The van der Waals surface area contributed by atoms with Crippen molar-refractivity contribution in [3.63, 3.8) is 0 Å².